The van der Waals surface area contributed by atoms with E-state index in [1.807, 2.05) is 55.9 Å². The summed E-state index contributed by atoms with van der Waals surface area (Å²) in [4.78, 5) is 17.3. The molecule has 0 spiro atoms. The number of hydrogen-bond donors (Lipinski definition) is 1. The van der Waals surface area contributed by atoms with Crippen molar-refractivity contribution in [2.24, 2.45) is 0 Å². The number of anilines is 2. The van der Waals surface area contributed by atoms with Gasteiger partial charge in [0.2, 0.25) is 5.91 Å². The minimum Gasteiger partial charge on any atom is -0.372 e. The molecule has 34 heavy (non-hydrogen) atoms. The van der Waals surface area contributed by atoms with Gasteiger partial charge in [-0.15, -0.1) is 10.2 Å². The first-order valence-corrected chi connectivity index (χ1v) is 12.9. The molecule has 1 aromatic heterocycles. The van der Waals surface area contributed by atoms with Crippen molar-refractivity contribution in [1.29, 1.82) is 0 Å². The standard InChI is InChI=1S/C25H31ClN6OS/c1-17-15-21(31-13-5-6-14-31)11-12-22(17)27-23(33)16-34-25-29-28-24(18(2)30(3)4)32(25)20-9-7-19(26)8-10-20/h7-12,15,18H,5-6,13-14,16H2,1-4H3,(H,27,33). The highest BCUT2D eigenvalue weighted by atomic mass is 35.5. The Morgan fingerprint density at radius 1 is 1.12 bits per heavy atom. The van der Waals surface area contributed by atoms with Gasteiger partial charge in [0, 0.05) is 35.2 Å². The van der Waals surface area contributed by atoms with Crippen LogP contribution < -0.4 is 10.2 Å². The summed E-state index contributed by atoms with van der Waals surface area (Å²) >= 11 is 7.47. The molecule has 7 nitrogen and oxygen atoms in total. The minimum atomic E-state index is -0.0742. The van der Waals surface area contributed by atoms with E-state index in [9.17, 15) is 4.79 Å². The molecule has 0 saturated carbocycles. The first-order valence-electron chi connectivity index (χ1n) is 11.5. The number of amides is 1. The summed E-state index contributed by atoms with van der Waals surface area (Å²) in [6, 6.07) is 13.8. The zero-order valence-electron chi connectivity index (χ0n) is 20.1. The molecule has 1 unspecified atom stereocenters. The maximum Gasteiger partial charge on any atom is 0.234 e. The molecule has 1 aliphatic rings. The second kappa shape index (κ2) is 10.8. The fraction of sp³-hybridized carbons (Fsp3) is 0.400. The van der Waals surface area contributed by atoms with Crippen molar-refractivity contribution in [3.63, 3.8) is 0 Å². The van der Waals surface area contributed by atoms with Crippen LogP contribution in [0.4, 0.5) is 11.4 Å². The summed E-state index contributed by atoms with van der Waals surface area (Å²) in [5.74, 6) is 0.966. The van der Waals surface area contributed by atoms with E-state index in [0.717, 1.165) is 35.9 Å². The third kappa shape index (κ3) is 5.56. The molecule has 180 valence electrons. The van der Waals surface area contributed by atoms with E-state index in [-0.39, 0.29) is 17.7 Å². The van der Waals surface area contributed by atoms with Gasteiger partial charge in [-0.2, -0.15) is 0 Å². The molecule has 2 heterocycles. The lowest BCUT2D eigenvalue weighted by atomic mass is 10.1. The van der Waals surface area contributed by atoms with Crippen LogP contribution in [0.25, 0.3) is 5.69 Å². The first kappa shape index (κ1) is 24.6. The van der Waals surface area contributed by atoms with Crippen molar-refractivity contribution in [2.45, 2.75) is 37.9 Å². The predicted molar refractivity (Wildman–Crippen MR) is 140 cm³/mol. The Balaban J connectivity index is 1.47. The maximum atomic E-state index is 12.8. The molecule has 1 atom stereocenters. The Morgan fingerprint density at radius 3 is 2.44 bits per heavy atom. The summed E-state index contributed by atoms with van der Waals surface area (Å²) < 4.78 is 2.00. The van der Waals surface area contributed by atoms with Crippen molar-refractivity contribution in [2.75, 3.05) is 43.2 Å². The number of nitrogens with zero attached hydrogens (tertiary/aromatic N) is 5. The fourth-order valence-electron chi connectivity index (χ4n) is 3.99. The second-order valence-corrected chi connectivity index (χ2v) is 10.2. The molecular weight excluding hydrogens is 468 g/mol. The van der Waals surface area contributed by atoms with Crippen LogP contribution >= 0.6 is 23.4 Å². The van der Waals surface area contributed by atoms with Gasteiger partial charge in [0.05, 0.1) is 11.8 Å². The van der Waals surface area contributed by atoms with Crippen LogP contribution in [-0.4, -0.2) is 58.5 Å². The third-order valence-corrected chi connectivity index (χ3v) is 7.36. The van der Waals surface area contributed by atoms with E-state index >= 15 is 0 Å². The highest BCUT2D eigenvalue weighted by Crippen LogP contribution is 2.29. The van der Waals surface area contributed by atoms with E-state index in [1.165, 1.54) is 30.3 Å². The monoisotopic (exact) mass is 498 g/mol. The van der Waals surface area contributed by atoms with E-state index < -0.39 is 0 Å². The zero-order valence-corrected chi connectivity index (χ0v) is 21.7. The largest absolute Gasteiger partial charge is 0.372 e. The highest BCUT2D eigenvalue weighted by molar-refractivity contribution is 7.99. The first-order chi connectivity index (χ1) is 16.3. The van der Waals surface area contributed by atoms with Crippen molar-refractivity contribution in [3.8, 4) is 5.69 Å². The number of nitrogens with one attached hydrogen (secondary N) is 1. The average molecular weight is 499 g/mol. The molecule has 0 radical (unpaired) electrons. The van der Waals surface area contributed by atoms with Gasteiger partial charge in [-0.1, -0.05) is 23.4 Å². The van der Waals surface area contributed by atoms with Crippen molar-refractivity contribution >= 4 is 40.6 Å². The number of benzene rings is 2. The van der Waals surface area contributed by atoms with Crippen LogP contribution in [0.5, 0.6) is 0 Å². The van der Waals surface area contributed by atoms with Crippen molar-refractivity contribution in [3.05, 3.63) is 58.9 Å². The number of halogens is 1. The number of rotatable bonds is 8. The van der Waals surface area contributed by atoms with E-state index in [1.54, 1.807) is 0 Å². The molecule has 2 aromatic carbocycles. The highest BCUT2D eigenvalue weighted by Gasteiger charge is 2.22. The maximum absolute atomic E-state index is 12.8. The molecule has 1 N–H and O–H groups in total. The van der Waals surface area contributed by atoms with Gasteiger partial charge in [0.25, 0.3) is 0 Å². The van der Waals surface area contributed by atoms with E-state index in [4.69, 9.17) is 11.6 Å². The number of thioether (sulfide) groups is 1. The van der Waals surface area contributed by atoms with Gasteiger partial charge in [0.15, 0.2) is 11.0 Å². The van der Waals surface area contributed by atoms with Crippen LogP contribution in [0.3, 0.4) is 0 Å². The molecule has 1 aliphatic heterocycles. The average Bonchev–Trinajstić information content (AvgIpc) is 3.49. The molecule has 1 saturated heterocycles. The minimum absolute atomic E-state index is 0.0446. The molecule has 4 rings (SSSR count). The van der Waals surface area contributed by atoms with Crippen LogP contribution in [0, 0.1) is 6.92 Å². The van der Waals surface area contributed by atoms with E-state index in [2.05, 4.69) is 44.4 Å². The van der Waals surface area contributed by atoms with Crippen LogP contribution in [-0.2, 0) is 4.79 Å². The number of carbonyl (C=O) groups excluding carboxylic acids is 1. The van der Waals surface area contributed by atoms with Crippen LogP contribution in [0.2, 0.25) is 5.02 Å². The van der Waals surface area contributed by atoms with Gasteiger partial charge in [-0.25, -0.2) is 0 Å². The summed E-state index contributed by atoms with van der Waals surface area (Å²) in [6.07, 6.45) is 2.48. The van der Waals surface area contributed by atoms with Gasteiger partial charge >= 0.3 is 0 Å². The molecule has 1 amide bonds. The van der Waals surface area contributed by atoms with Crippen molar-refractivity contribution in [1.82, 2.24) is 19.7 Å². The van der Waals surface area contributed by atoms with Gasteiger partial charge in [-0.05, 0) is 88.8 Å². The Labute approximate surface area is 210 Å². The Hall–Kier alpha value is -2.55. The number of aromatic nitrogens is 3. The van der Waals surface area contributed by atoms with E-state index in [0.29, 0.717) is 10.2 Å². The predicted octanol–water partition coefficient (Wildman–Crippen LogP) is 5.18. The molecule has 3 aromatic rings. The van der Waals surface area contributed by atoms with Gasteiger partial charge in [-0.3, -0.25) is 14.3 Å². The topological polar surface area (TPSA) is 66.3 Å². The van der Waals surface area contributed by atoms with Gasteiger partial charge < -0.3 is 10.2 Å². The number of carbonyl (C=O) groups is 1. The lowest BCUT2D eigenvalue weighted by Gasteiger charge is -2.20. The molecule has 0 bridgehead atoms. The second-order valence-electron chi connectivity index (χ2n) is 8.82. The summed E-state index contributed by atoms with van der Waals surface area (Å²) in [6.45, 7) is 6.32. The molecular formula is C25H31ClN6OS. The quantitative estimate of drug-likeness (QED) is 0.431. The molecule has 0 aliphatic carbocycles. The lowest BCUT2D eigenvalue weighted by Crippen LogP contribution is -2.21. The summed E-state index contributed by atoms with van der Waals surface area (Å²) in [7, 11) is 4.01. The number of hydrogen-bond acceptors (Lipinski definition) is 6. The van der Waals surface area contributed by atoms with Crippen molar-refractivity contribution < 1.29 is 4.79 Å². The van der Waals surface area contributed by atoms with Crippen LogP contribution in [0.15, 0.2) is 47.6 Å². The smallest absolute Gasteiger partial charge is 0.234 e. The van der Waals surface area contributed by atoms with Gasteiger partial charge in [0.1, 0.15) is 0 Å². The molecule has 1 fully saturated rings. The Bertz CT molecular complexity index is 1140. The Kier molecular flexibility index (Phi) is 7.80. The SMILES string of the molecule is Cc1cc(N2CCCC2)ccc1NC(=O)CSc1nnc(C(C)N(C)C)n1-c1ccc(Cl)cc1. The fourth-order valence-corrected chi connectivity index (χ4v) is 4.87. The number of aryl methyl sites for hydroxylation is 1. The normalized spacial score (nSPS) is 14.6. The Morgan fingerprint density at radius 2 is 1.79 bits per heavy atom. The third-order valence-electron chi connectivity index (χ3n) is 6.18. The summed E-state index contributed by atoms with van der Waals surface area (Å²) in [5.41, 5.74) is 4.04. The summed E-state index contributed by atoms with van der Waals surface area (Å²) in [5, 5.41) is 13.2. The lowest BCUT2D eigenvalue weighted by molar-refractivity contribution is -0.113. The molecule has 9 heteroatoms. The van der Waals surface area contributed by atoms with Crippen LogP contribution in [0.1, 0.15) is 37.2 Å². The zero-order chi connectivity index (χ0) is 24.2.